The average molecular weight is 612 g/mol. The number of hydrogen-bond donors (Lipinski definition) is 2. The molecule has 1 saturated heterocycles. The molecule has 2 aromatic carbocycles. The summed E-state index contributed by atoms with van der Waals surface area (Å²) in [6.07, 6.45) is -3.24. The molecule has 5 rings (SSSR count). The van der Waals surface area contributed by atoms with Crippen molar-refractivity contribution >= 4 is 28.6 Å². The molecular weight excluding hydrogens is 575 g/mol. The molecule has 3 heterocycles. The van der Waals surface area contributed by atoms with Gasteiger partial charge in [-0.3, -0.25) is 14.7 Å². The first-order valence-corrected chi connectivity index (χ1v) is 14.4. The highest BCUT2D eigenvalue weighted by molar-refractivity contribution is 5.92. The molecule has 0 unspecified atom stereocenters. The summed E-state index contributed by atoms with van der Waals surface area (Å²) in [5.41, 5.74) is 2.71. The van der Waals surface area contributed by atoms with Crippen LogP contribution in [0.15, 0.2) is 54.7 Å². The Morgan fingerprint density at radius 2 is 1.75 bits per heavy atom. The molecule has 234 valence electrons. The van der Waals surface area contributed by atoms with Crippen molar-refractivity contribution in [1.29, 1.82) is 0 Å². The summed E-state index contributed by atoms with van der Waals surface area (Å²) in [5.74, 6) is 0.781. The van der Waals surface area contributed by atoms with Crippen LogP contribution in [0.1, 0.15) is 35.8 Å². The highest BCUT2D eigenvalue weighted by Crippen LogP contribution is 2.35. The fourth-order valence-corrected chi connectivity index (χ4v) is 5.00. The molecule has 4 aromatic rings. The van der Waals surface area contributed by atoms with Crippen molar-refractivity contribution in [3.05, 3.63) is 66.0 Å². The molecule has 10 nitrogen and oxygen atoms in total. The molecule has 0 atom stereocenters. The van der Waals surface area contributed by atoms with E-state index in [-0.39, 0.29) is 23.3 Å². The summed E-state index contributed by atoms with van der Waals surface area (Å²) in [4.78, 5) is 26.2. The van der Waals surface area contributed by atoms with Gasteiger partial charge in [0.15, 0.2) is 0 Å². The lowest BCUT2D eigenvalue weighted by Gasteiger charge is -2.32. The number of hydrogen-bond acceptors (Lipinski definition) is 8. The van der Waals surface area contributed by atoms with Crippen molar-refractivity contribution < 1.29 is 27.4 Å². The molecule has 1 aliphatic heterocycles. The third kappa shape index (κ3) is 7.77. The topological polar surface area (TPSA) is 96.8 Å². The fourth-order valence-electron chi connectivity index (χ4n) is 5.00. The smallest absolute Gasteiger partial charge is 0.457 e. The number of rotatable bonds is 10. The number of nitrogens with zero attached hydrogens (tertiary/aromatic N) is 5. The van der Waals surface area contributed by atoms with E-state index >= 15 is 0 Å². The van der Waals surface area contributed by atoms with Crippen LogP contribution in [0.5, 0.6) is 17.2 Å². The molecule has 0 aliphatic carbocycles. The number of carbonyl (C=O) groups is 1. The van der Waals surface area contributed by atoms with Gasteiger partial charge in [0.25, 0.3) is 5.91 Å². The highest BCUT2D eigenvalue weighted by atomic mass is 19.4. The molecule has 0 bridgehead atoms. The molecule has 44 heavy (non-hydrogen) atoms. The molecule has 0 saturated carbocycles. The molecule has 1 aliphatic rings. The second-order valence-corrected chi connectivity index (χ2v) is 11.1. The number of nitrogens with one attached hydrogen (secondary N) is 2. The summed E-state index contributed by atoms with van der Waals surface area (Å²) in [7, 11) is 3.94. The van der Waals surface area contributed by atoms with Gasteiger partial charge in [-0.2, -0.15) is 0 Å². The second-order valence-electron chi connectivity index (χ2n) is 11.1. The lowest BCUT2D eigenvalue weighted by Crippen LogP contribution is -2.46. The minimum Gasteiger partial charge on any atom is -0.457 e. The van der Waals surface area contributed by atoms with Crippen molar-refractivity contribution in [3.63, 3.8) is 0 Å². The predicted molar refractivity (Wildman–Crippen MR) is 162 cm³/mol. The van der Waals surface area contributed by atoms with Gasteiger partial charge in [-0.15, -0.1) is 13.2 Å². The number of benzene rings is 2. The van der Waals surface area contributed by atoms with Gasteiger partial charge in [0.2, 0.25) is 5.95 Å². The Morgan fingerprint density at radius 3 is 2.48 bits per heavy atom. The van der Waals surface area contributed by atoms with E-state index < -0.39 is 6.36 Å². The third-order valence-corrected chi connectivity index (χ3v) is 7.48. The van der Waals surface area contributed by atoms with Gasteiger partial charge in [-0.1, -0.05) is 13.8 Å². The average Bonchev–Trinajstić information content (AvgIpc) is 3.28. The number of fused-ring (bicyclic) bond motifs is 1. The van der Waals surface area contributed by atoms with Crippen LogP contribution in [-0.2, 0) is 7.05 Å². The van der Waals surface area contributed by atoms with Crippen molar-refractivity contribution in [1.82, 2.24) is 29.7 Å². The number of anilines is 2. The van der Waals surface area contributed by atoms with Gasteiger partial charge >= 0.3 is 6.36 Å². The number of likely N-dealkylation sites (N-methyl/N-ethyl adjacent to an activating group) is 1. The van der Waals surface area contributed by atoms with E-state index in [4.69, 9.17) is 4.74 Å². The molecule has 0 radical (unpaired) electrons. The number of halogens is 3. The third-order valence-electron chi connectivity index (χ3n) is 7.48. The predicted octanol–water partition coefficient (Wildman–Crippen LogP) is 5.50. The van der Waals surface area contributed by atoms with Crippen molar-refractivity contribution in [2.45, 2.75) is 26.1 Å². The number of ether oxygens (including phenoxy) is 2. The van der Waals surface area contributed by atoms with Crippen LogP contribution in [0.4, 0.5) is 24.8 Å². The number of piperazine rings is 1. The number of aryl methyl sites for hydroxylation is 1. The highest BCUT2D eigenvalue weighted by Gasteiger charge is 2.32. The molecule has 0 spiro atoms. The first-order chi connectivity index (χ1) is 20.9. The molecule has 13 heteroatoms. The van der Waals surface area contributed by atoms with Crippen LogP contribution in [-0.4, -0.2) is 82.9 Å². The largest absolute Gasteiger partial charge is 0.573 e. The van der Waals surface area contributed by atoms with Gasteiger partial charge in [0, 0.05) is 70.3 Å². The standard InChI is InChI=1S/C31H36F3N7O3/c1-20(2)24-17-21(5-8-28(24)44-31(32,33)34)37-30-38-25-18-22(6-7-27(25)40(30)4)43-23-9-10-35-26(19-23)29(42)36-11-12-41-15-13-39(3)14-16-41/h5-10,17-20H,11-16H2,1-4H3,(H,36,42)(H,37,38). The van der Waals surface area contributed by atoms with Gasteiger partial charge in [-0.25, -0.2) is 4.98 Å². The van der Waals surface area contributed by atoms with Crippen LogP contribution < -0.4 is 20.1 Å². The van der Waals surface area contributed by atoms with Crippen LogP contribution in [0.2, 0.25) is 0 Å². The van der Waals surface area contributed by atoms with E-state index in [1.54, 1.807) is 44.2 Å². The normalized spacial score (nSPS) is 14.6. The van der Waals surface area contributed by atoms with Crippen LogP contribution in [0.3, 0.4) is 0 Å². The second kappa shape index (κ2) is 13.1. The van der Waals surface area contributed by atoms with E-state index in [0.29, 0.717) is 40.8 Å². The quantitative estimate of drug-likeness (QED) is 0.243. The number of alkyl halides is 3. The molecule has 1 amide bonds. The van der Waals surface area contributed by atoms with Crippen molar-refractivity contribution in [2.75, 3.05) is 51.6 Å². The maximum atomic E-state index is 12.9. The summed E-state index contributed by atoms with van der Waals surface area (Å²) < 4.78 is 50.7. The monoisotopic (exact) mass is 611 g/mol. The van der Waals surface area contributed by atoms with Crippen molar-refractivity contribution in [3.8, 4) is 17.2 Å². The Bertz CT molecular complexity index is 1620. The zero-order valence-corrected chi connectivity index (χ0v) is 25.1. The van der Waals surface area contributed by atoms with Crippen molar-refractivity contribution in [2.24, 2.45) is 7.05 Å². The number of amides is 1. The van der Waals surface area contributed by atoms with E-state index in [0.717, 1.165) is 38.2 Å². The zero-order chi connectivity index (χ0) is 31.4. The number of aromatic nitrogens is 3. The summed E-state index contributed by atoms with van der Waals surface area (Å²) >= 11 is 0. The van der Waals surface area contributed by atoms with Gasteiger partial charge in [0.1, 0.15) is 22.9 Å². The summed E-state index contributed by atoms with van der Waals surface area (Å²) in [6, 6.07) is 13.1. The lowest BCUT2D eigenvalue weighted by atomic mass is 10.0. The summed E-state index contributed by atoms with van der Waals surface area (Å²) in [5, 5.41) is 6.13. The van der Waals surface area contributed by atoms with E-state index in [2.05, 4.69) is 42.2 Å². The van der Waals surface area contributed by atoms with Gasteiger partial charge in [-0.05, 0) is 54.9 Å². The zero-order valence-electron chi connectivity index (χ0n) is 25.1. The first kappa shape index (κ1) is 31.1. The minimum atomic E-state index is -4.77. The Labute approximate surface area is 253 Å². The summed E-state index contributed by atoms with van der Waals surface area (Å²) in [6.45, 7) is 8.93. The maximum Gasteiger partial charge on any atom is 0.573 e. The number of pyridine rings is 1. The number of carbonyl (C=O) groups excluding carboxylic acids is 1. The Hall–Kier alpha value is -4.36. The Balaban J connectivity index is 1.25. The maximum absolute atomic E-state index is 12.9. The molecule has 1 fully saturated rings. The number of imidazole rings is 1. The minimum absolute atomic E-state index is 0.198. The lowest BCUT2D eigenvalue weighted by molar-refractivity contribution is -0.274. The van der Waals surface area contributed by atoms with Gasteiger partial charge < -0.3 is 29.6 Å². The van der Waals surface area contributed by atoms with E-state index in [1.165, 1.54) is 18.3 Å². The Kier molecular flexibility index (Phi) is 9.25. The fraction of sp³-hybridized carbons (Fsp3) is 0.387. The molecule has 2 aromatic heterocycles. The molecule has 2 N–H and O–H groups in total. The SMILES string of the molecule is CC(C)c1cc(Nc2nc3cc(Oc4ccnc(C(=O)NCCN5CCN(C)CC5)c4)ccc3n2C)ccc1OC(F)(F)F. The first-order valence-electron chi connectivity index (χ1n) is 14.4. The van der Waals surface area contributed by atoms with E-state index in [1.807, 2.05) is 17.7 Å². The Morgan fingerprint density at radius 1 is 1.00 bits per heavy atom. The van der Waals surface area contributed by atoms with Gasteiger partial charge in [0.05, 0.1) is 11.0 Å². The van der Waals surface area contributed by atoms with Crippen LogP contribution in [0.25, 0.3) is 11.0 Å². The van der Waals surface area contributed by atoms with Crippen LogP contribution in [0, 0.1) is 0 Å². The van der Waals surface area contributed by atoms with E-state index in [9.17, 15) is 18.0 Å². The van der Waals surface area contributed by atoms with Crippen LogP contribution >= 0.6 is 0 Å². The molecular formula is C31H36F3N7O3.